The van der Waals surface area contributed by atoms with Gasteiger partial charge in [0.2, 0.25) is 17.7 Å². The maximum Gasteiger partial charge on any atom is 0.308 e. The smallest absolute Gasteiger partial charge is 0.308 e. The molecule has 1 N–H and O–H groups in total. The number of hydrogen-bond donors (Lipinski definition) is 1. The number of anilines is 2. The van der Waals surface area contributed by atoms with E-state index in [2.05, 4.69) is 26.1 Å². The number of carbonyl (C=O) groups is 3. The third-order valence-electron chi connectivity index (χ3n) is 7.70. The predicted molar refractivity (Wildman–Crippen MR) is 173 cm³/mol. The number of hydrogen-bond acceptors (Lipinski definition) is 6. The highest BCUT2D eigenvalue weighted by atomic mass is 35.5. The van der Waals surface area contributed by atoms with Gasteiger partial charge in [0.25, 0.3) is 0 Å². The summed E-state index contributed by atoms with van der Waals surface area (Å²) in [7, 11) is 0. The number of aromatic nitrogens is 1. The maximum atomic E-state index is 14.1. The van der Waals surface area contributed by atoms with E-state index in [0.717, 1.165) is 22.5 Å². The average Bonchev–Trinajstić information content (AvgIpc) is 3.40. The molecule has 6 rings (SSSR count). The normalized spacial score (nSPS) is 19.7. The summed E-state index contributed by atoms with van der Waals surface area (Å²) in [5.41, 5.74) is 2.87. The van der Waals surface area contributed by atoms with Crippen molar-refractivity contribution in [1.82, 2.24) is 4.57 Å². The number of nitrogens with one attached hydrogen (secondary N) is 1. The zero-order chi connectivity index (χ0) is 30.6. The Morgan fingerprint density at radius 1 is 0.860 bits per heavy atom. The number of thiazole rings is 1. The minimum absolute atomic E-state index is 0.0786. The molecular weight excluding hydrogens is 625 g/mol. The first-order valence-electron chi connectivity index (χ1n) is 13.6. The minimum Gasteiger partial charge on any atom is -0.325 e. The first-order chi connectivity index (χ1) is 20.4. The Bertz CT molecular complexity index is 1790. The highest BCUT2D eigenvalue weighted by Gasteiger charge is 2.56. The average molecular weight is 653 g/mol. The number of nitrogens with zero attached hydrogens (tertiary/aromatic N) is 2. The van der Waals surface area contributed by atoms with Crippen molar-refractivity contribution in [3.05, 3.63) is 109 Å². The molecule has 2 aliphatic heterocycles. The van der Waals surface area contributed by atoms with Gasteiger partial charge in [-0.25, -0.2) is 4.90 Å². The molecule has 7 nitrogen and oxygen atoms in total. The zero-order valence-corrected chi connectivity index (χ0v) is 26.6. The fourth-order valence-corrected chi connectivity index (χ4v) is 8.55. The number of benzene rings is 3. The largest absolute Gasteiger partial charge is 0.325 e. The quantitative estimate of drug-likeness (QED) is 0.236. The molecule has 3 amide bonds. The Morgan fingerprint density at radius 3 is 2.07 bits per heavy atom. The molecule has 0 saturated carbocycles. The molecule has 4 aromatic rings. The van der Waals surface area contributed by atoms with Gasteiger partial charge < -0.3 is 5.32 Å². The summed E-state index contributed by atoms with van der Waals surface area (Å²) in [6, 6.07) is 21.3. The van der Waals surface area contributed by atoms with Crippen LogP contribution in [0.3, 0.4) is 0 Å². The van der Waals surface area contributed by atoms with Crippen molar-refractivity contribution < 1.29 is 14.4 Å². The number of halogens is 2. The lowest BCUT2D eigenvalue weighted by molar-refractivity contribution is -0.122. The highest BCUT2D eigenvalue weighted by Crippen LogP contribution is 2.54. The second-order valence-corrected chi connectivity index (χ2v) is 14.6. The van der Waals surface area contributed by atoms with Crippen LogP contribution < -0.4 is 15.1 Å². The second kappa shape index (κ2) is 11.3. The molecule has 1 aromatic heterocycles. The van der Waals surface area contributed by atoms with Crippen LogP contribution >= 0.6 is 46.3 Å². The molecule has 43 heavy (non-hydrogen) atoms. The number of amides is 3. The Kier molecular flexibility index (Phi) is 7.79. The van der Waals surface area contributed by atoms with Crippen molar-refractivity contribution in [3.8, 4) is 0 Å². The van der Waals surface area contributed by atoms with E-state index in [0.29, 0.717) is 31.3 Å². The topological polar surface area (TPSA) is 88.5 Å². The van der Waals surface area contributed by atoms with Crippen LogP contribution in [0.4, 0.5) is 11.4 Å². The Morgan fingerprint density at radius 2 is 1.47 bits per heavy atom. The summed E-state index contributed by atoms with van der Waals surface area (Å²) in [5, 5.41) is 3.59. The molecule has 2 aliphatic rings. The Labute approximate surface area is 266 Å². The van der Waals surface area contributed by atoms with Gasteiger partial charge >= 0.3 is 4.87 Å². The Hall–Kier alpha value is -3.37. The molecule has 2 unspecified atom stereocenters. The number of carbonyl (C=O) groups excluding carboxylic acids is 3. The summed E-state index contributed by atoms with van der Waals surface area (Å²) < 4.78 is 1.41. The predicted octanol–water partition coefficient (Wildman–Crippen LogP) is 6.95. The summed E-state index contributed by atoms with van der Waals surface area (Å²) >= 11 is 14.2. The Balaban J connectivity index is 1.41. The van der Waals surface area contributed by atoms with Gasteiger partial charge in [-0.05, 0) is 65.1 Å². The number of fused-ring (bicyclic) bond motifs is 2. The molecule has 11 heteroatoms. The molecule has 220 valence electrons. The van der Waals surface area contributed by atoms with Crippen LogP contribution in [0, 0.1) is 5.92 Å². The molecule has 0 spiro atoms. The molecule has 1 saturated heterocycles. The standard InChI is InChI=1S/C32H27Cl2N3O4S2/c1-32(2,3)18-6-4-17(5-7-18)24-25-26(29(40)37(28(25)39)22-14-10-20(34)11-15-22)42-30-27(24)43-31(41)36(30)16-23(38)35-21-12-8-19(33)9-13-21/h4-15,24-26H,16H2,1-3H3,(H,35,38)/t24-,25?,26?/m0/s1. The van der Waals surface area contributed by atoms with E-state index in [9.17, 15) is 19.2 Å². The lowest BCUT2D eigenvalue weighted by atomic mass is 9.81. The van der Waals surface area contributed by atoms with Gasteiger partial charge in [-0.3, -0.25) is 23.7 Å². The summed E-state index contributed by atoms with van der Waals surface area (Å²) in [6.45, 7) is 6.13. The van der Waals surface area contributed by atoms with E-state index >= 15 is 0 Å². The molecule has 0 bridgehead atoms. The first kappa shape index (κ1) is 29.7. The lowest BCUT2D eigenvalue weighted by Crippen LogP contribution is -2.33. The molecule has 0 radical (unpaired) electrons. The van der Waals surface area contributed by atoms with Gasteiger partial charge in [0.15, 0.2) is 0 Å². The van der Waals surface area contributed by atoms with E-state index in [1.165, 1.54) is 21.2 Å². The lowest BCUT2D eigenvalue weighted by Gasteiger charge is -2.31. The molecule has 3 aromatic carbocycles. The van der Waals surface area contributed by atoms with E-state index in [1.807, 2.05) is 24.3 Å². The van der Waals surface area contributed by atoms with E-state index in [1.54, 1.807) is 48.5 Å². The van der Waals surface area contributed by atoms with Crippen molar-refractivity contribution >= 4 is 75.4 Å². The van der Waals surface area contributed by atoms with Crippen molar-refractivity contribution in [1.29, 1.82) is 0 Å². The van der Waals surface area contributed by atoms with Crippen LogP contribution in [0.1, 0.15) is 42.7 Å². The molecule has 1 fully saturated rings. The van der Waals surface area contributed by atoms with Crippen LogP contribution in [0.25, 0.3) is 0 Å². The van der Waals surface area contributed by atoms with Gasteiger partial charge in [-0.15, -0.1) is 0 Å². The second-order valence-electron chi connectivity index (χ2n) is 11.6. The fraction of sp³-hybridized carbons (Fsp3) is 0.250. The van der Waals surface area contributed by atoms with Gasteiger partial charge in [-0.2, -0.15) is 0 Å². The van der Waals surface area contributed by atoms with E-state index < -0.39 is 23.0 Å². The monoisotopic (exact) mass is 651 g/mol. The van der Waals surface area contributed by atoms with E-state index in [4.69, 9.17) is 23.2 Å². The van der Waals surface area contributed by atoms with Crippen molar-refractivity contribution in [3.63, 3.8) is 0 Å². The number of rotatable bonds is 5. The first-order valence-corrected chi connectivity index (χ1v) is 16.1. The highest BCUT2D eigenvalue weighted by molar-refractivity contribution is 8.00. The zero-order valence-electron chi connectivity index (χ0n) is 23.5. The van der Waals surface area contributed by atoms with Crippen LogP contribution in [-0.2, 0) is 26.3 Å². The van der Waals surface area contributed by atoms with Crippen molar-refractivity contribution in [2.75, 3.05) is 10.2 Å². The molecule has 3 heterocycles. The molecular formula is C32H27Cl2N3O4S2. The molecule has 3 atom stereocenters. The van der Waals surface area contributed by atoms with E-state index in [-0.39, 0.29) is 28.6 Å². The SMILES string of the molecule is CC(C)(C)c1ccc([C@@H]2c3sc(=O)n(CC(=O)Nc4ccc(Cl)cc4)c3SC3C(=O)N(c4ccc(Cl)cc4)C(=O)C32)cc1. The van der Waals surface area contributed by atoms with Crippen LogP contribution in [0.15, 0.2) is 82.6 Å². The third-order valence-corrected chi connectivity index (χ3v) is 10.8. The summed E-state index contributed by atoms with van der Waals surface area (Å²) in [6.07, 6.45) is 0. The summed E-state index contributed by atoms with van der Waals surface area (Å²) in [4.78, 5) is 56.0. The van der Waals surface area contributed by atoms with Gasteiger partial charge in [0, 0.05) is 26.5 Å². The summed E-state index contributed by atoms with van der Waals surface area (Å²) in [5.74, 6) is -2.35. The van der Waals surface area contributed by atoms with Gasteiger partial charge in [-0.1, -0.05) is 91.3 Å². The van der Waals surface area contributed by atoms with Gasteiger partial charge in [0.1, 0.15) is 11.8 Å². The maximum absolute atomic E-state index is 14.1. The molecule has 0 aliphatic carbocycles. The van der Waals surface area contributed by atoms with Crippen LogP contribution in [-0.4, -0.2) is 27.5 Å². The third kappa shape index (κ3) is 5.55. The van der Waals surface area contributed by atoms with Crippen LogP contribution in [0.2, 0.25) is 10.0 Å². The van der Waals surface area contributed by atoms with Crippen molar-refractivity contribution in [2.45, 2.75) is 48.9 Å². The number of thioether (sulfide) groups is 1. The fourth-order valence-electron chi connectivity index (χ4n) is 5.53. The minimum atomic E-state index is -0.775. The van der Waals surface area contributed by atoms with Gasteiger partial charge in [0.05, 0.1) is 16.6 Å². The number of imide groups is 1. The van der Waals surface area contributed by atoms with Crippen LogP contribution in [0.5, 0.6) is 0 Å². The van der Waals surface area contributed by atoms with Crippen molar-refractivity contribution in [2.24, 2.45) is 5.92 Å².